The molecule has 0 radical (unpaired) electrons. The molecule has 3 nitrogen and oxygen atoms in total. The molecule has 0 saturated carbocycles. The van der Waals surface area contributed by atoms with Gasteiger partial charge in [-0.25, -0.2) is 0 Å². The van der Waals surface area contributed by atoms with E-state index in [1.807, 2.05) is 19.2 Å². The molecule has 0 saturated heterocycles. The van der Waals surface area contributed by atoms with E-state index >= 15 is 0 Å². The summed E-state index contributed by atoms with van der Waals surface area (Å²) in [5.41, 5.74) is 1.04. The van der Waals surface area contributed by atoms with Crippen LogP contribution in [-0.4, -0.2) is 16.8 Å². The van der Waals surface area contributed by atoms with Crippen LogP contribution >= 0.6 is 21.6 Å². The minimum atomic E-state index is 0.711. The number of ether oxygens (including phenoxy) is 1. The second kappa shape index (κ2) is 3.45. The number of nitrogens with one attached hydrogen (secondary N) is 1. The predicted octanol–water partition coefficient (Wildman–Crippen LogP) is 2.50. The van der Waals surface area contributed by atoms with E-state index in [4.69, 9.17) is 4.74 Å². The average molecular weight is 200 g/mol. The van der Waals surface area contributed by atoms with Gasteiger partial charge >= 0.3 is 0 Å². The lowest BCUT2D eigenvalue weighted by Crippen LogP contribution is -1.90. The van der Waals surface area contributed by atoms with Crippen molar-refractivity contribution in [2.75, 3.05) is 6.61 Å². The van der Waals surface area contributed by atoms with E-state index in [1.165, 1.54) is 4.90 Å². The number of nitrogens with zero attached hydrogens (tertiary/aromatic N) is 1. The van der Waals surface area contributed by atoms with Gasteiger partial charge in [0.05, 0.1) is 23.4 Å². The van der Waals surface area contributed by atoms with Crippen molar-refractivity contribution < 1.29 is 4.74 Å². The molecule has 64 valence electrons. The summed E-state index contributed by atoms with van der Waals surface area (Å²) in [5.74, 6) is 0. The van der Waals surface area contributed by atoms with Gasteiger partial charge in [-0.3, -0.25) is 5.10 Å². The first-order chi connectivity index (χ1) is 5.90. The molecule has 0 bridgehead atoms. The molecule has 1 aliphatic heterocycles. The molecule has 0 fully saturated rings. The van der Waals surface area contributed by atoms with Gasteiger partial charge in [-0.2, -0.15) is 5.10 Å². The first-order valence-corrected chi connectivity index (χ1v) is 5.77. The highest BCUT2D eigenvalue weighted by atomic mass is 33.1. The van der Waals surface area contributed by atoms with Gasteiger partial charge in [-0.15, -0.1) is 0 Å². The summed E-state index contributed by atoms with van der Waals surface area (Å²) in [4.78, 5) is 1.17. The zero-order valence-corrected chi connectivity index (χ0v) is 8.17. The largest absolute Gasteiger partial charge is 0.487 e. The van der Waals surface area contributed by atoms with Crippen LogP contribution in [0.15, 0.2) is 16.2 Å². The third-order valence-electron chi connectivity index (χ3n) is 1.39. The van der Waals surface area contributed by atoms with Crippen LogP contribution in [0.5, 0.6) is 0 Å². The molecule has 2 heterocycles. The van der Waals surface area contributed by atoms with Crippen LogP contribution in [0.1, 0.15) is 12.6 Å². The van der Waals surface area contributed by atoms with Gasteiger partial charge in [0.2, 0.25) is 0 Å². The van der Waals surface area contributed by atoms with Crippen LogP contribution < -0.4 is 0 Å². The Balaban J connectivity index is 2.23. The van der Waals surface area contributed by atoms with Gasteiger partial charge in [-0.05, 0) is 28.5 Å². The van der Waals surface area contributed by atoms with Crippen LogP contribution in [-0.2, 0) is 4.74 Å². The lowest BCUT2D eigenvalue weighted by Gasteiger charge is -2.10. The van der Waals surface area contributed by atoms with Crippen LogP contribution in [0.2, 0.25) is 0 Å². The fraction of sp³-hybridized carbons (Fsp3) is 0.286. The number of hydrogen-bond donors (Lipinski definition) is 1. The topological polar surface area (TPSA) is 37.9 Å². The quantitative estimate of drug-likeness (QED) is 0.744. The van der Waals surface area contributed by atoms with Crippen molar-refractivity contribution in [1.29, 1.82) is 0 Å². The van der Waals surface area contributed by atoms with Gasteiger partial charge in [0, 0.05) is 6.08 Å². The van der Waals surface area contributed by atoms with Crippen molar-refractivity contribution in [2.45, 2.75) is 11.8 Å². The molecule has 5 heteroatoms. The van der Waals surface area contributed by atoms with Crippen molar-refractivity contribution in [1.82, 2.24) is 10.2 Å². The molecule has 0 atom stereocenters. The maximum absolute atomic E-state index is 5.36. The Morgan fingerprint density at radius 2 is 2.50 bits per heavy atom. The minimum absolute atomic E-state index is 0.711. The summed E-state index contributed by atoms with van der Waals surface area (Å²) in [6, 6.07) is 0. The molecule has 0 aromatic carbocycles. The van der Waals surface area contributed by atoms with Gasteiger partial charge in [0.1, 0.15) is 0 Å². The predicted molar refractivity (Wildman–Crippen MR) is 51.6 cm³/mol. The standard InChI is InChI=1S/C7H8N2OS2/c1-2-10-7-3-5-6(11-12-7)4-8-9-5/h3-4H,2H2,1H3,(H,8,9). The average Bonchev–Trinajstić information content (AvgIpc) is 2.51. The lowest BCUT2D eigenvalue weighted by atomic mass is 10.4. The highest BCUT2D eigenvalue weighted by Gasteiger charge is 2.13. The smallest absolute Gasteiger partial charge is 0.166 e. The zero-order valence-electron chi connectivity index (χ0n) is 6.53. The Labute approximate surface area is 78.4 Å². The number of H-pyrrole nitrogens is 1. The monoisotopic (exact) mass is 200 g/mol. The maximum Gasteiger partial charge on any atom is 0.166 e. The molecule has 1 aromatic heterocycles. The van der Waals surface area contributed by atoms with Crippen molar-refractivity contribution in [2.24, 2.45) is 0 Å². The summed E-state index contributed by atoms with van der Waals surface area (Å²) < 4.78 is 5.36. The van der Waals surface area contributed by atoms with E-state index in [9.17, 15) is 0 Å². The van der Waals surface area contributed by atoms with Crippen molar-refractivity contribution in [3.63, 3.8) is 0 Å². The van der Waals surface area contributed by atoms with Crippen molar-refractivity contribution in [3.05, 3.63) is 17.0 Å². The number of fused-ring (bicyclic) bond motifs is 1. The molecule has 0 amide bonds. The molecule has 2 rings (SSSR count). The summed E-state index contributed by atoms with van der Waals surface area (Å²) in [6.07, 6.45) is 3.80. The first-order valence-electron chi connectivity index (χ1n) is 3.62. The molecule has 0 aliphatic carbocycles. The van der Waals surface area contributed by atoms with Crippen LogP contribution in [0.25, 0.3) is 6.08 Å². The minimum Gasteiger partial charge on any atom is -0.487 e. The lowest BCUT2D eigenvalue weighted by molar-refractivity contribution is 0.261. The molecule has 1 aromatic rings. The Hall–Kier alpha value is -0.550. The highest BCUT2D eigenvalue weighted by molar-refractivity contribution is 8.78. The normalized spacial score (nSPS) is 15.2. The van der Waals surface area contributed by atoms with Crippen LogP contribution in [0.3, 0.4) is 0 Å². The Morgan fingerprint density at radius 3 is 3.33 bits per heavy atom. The molecule has 12 heavy (non-hydrogen) atoms. The van der Waals surface area contributed by atoms with Crippen molar-refractivity contribution >= 4 is 27.7 Å². The highest BCUT2D eigenvalue weighted by Crippen LogP contribution is 2.43. The van der Waals surface area contributed by atoms with Gasteiger partial charge < -0.3 is 4.74 Å². The Kier molecular flexibility index (Phi) is 2.32. The second-order valence-electron chi connectivity index (χ2n) is 2.21. The molecular formula is C7H8N2OS2. The molecule has 0 spiro atoms. The van der Waals surface area contributed by atoms with Gasteiger partial charge in [0.15, 0.2) is 5.09 Å². The zero-order chi connectivity index (χ0) is 8.39. The SMILES string of the molecule is CCOC1=Cc2[nH]ncc2SS1. The van der Waals surface area contributed by atoms with E-state index in [-0.39, 0.29) is 0 Å². The summed E-state index contributed by atoms with van der Waals surface area (Å²) in [7, 11) is 3.30. The van der Waals surface area contributed by atoms with E-state index in [0.717, 1.165) is 10.8 Å². The van der Waals surface area contributed by atoms with Gasteiger partial charge in [-0.1, -0.05) is 0 Å². The van der Waals surface area contributed by atoms with Crippen LogP contribution in [0, 0.1) is 0 Å². The molecule has 1 N–H and O–H groups in total. The number of aromatic nitrogens is 2. The Morgan fingerprint density at radius 1 is 1.58 bits per heavy atom. The second-order valence-corrected chi connectivity index (χ2v) is 4.39. The van der Waals surface area contributed by atoms with E-state index in [2.05, 4.69) is 10.2 Å². The Bertz CT molecular complexity index is 308. The van der Waals surface area contributed by atoms with E-state index in [1.54, 1.807) is 21.6 Å². The maximum atomic E-state index is 5.36. The first kappa shape index (κ1) is 8.07. The van der Waals surface area contributed by atoms with E-state index < -0.39 is 0 Å². The van der Waals surface area contributed by atoms with Crippen LogP contribution in [0.4, 0.5) is 0 Å². The summed E-state index contributed by atoms with van der Waals surface area (Å²) in [5, 5.41) is 7.79. The number of rotatable bonds is 2. The fourth-order valence-corrected chi connectivity index (χ4v) is 2.89. The fourth-order valence-electron chi connectivity index (χ4n) is 0.891. The van der Waals surface area contributed by atoms with E-state index in [0.29, 0.717) is 6.61 Å². The third-order valence-corrected chi connectivity index (χ3v) is 3.66. The molecular weight excluding hydrogens is 192 g/mol. The molecule has 1 aliphatic rings. The summed E-state index contributed by atoms with van der Waals surface area (Å²) >= 11 is 0. The summed E-state index contributed by atoms with van der Waals surface area (Å²) in [6.45, 7) is 2.69. The molecule has 0 unspecified atom stereocenters. The van der Waals surface area contributed by atoms with Gasteiger partial charge in [0.25, 0.3) is 0 Å². The number of aromatic amines is 1. The number of hydrogen-bond acceptors (Lipinski definition) is 4. The third kappa shape index (κ3) is 1.47. The van der Waals surface area contributed by atoms with Crippen molar-refractivity contribution in [3.8, 4) is 0 Å².